The van der Waals surface area contributed by atoms with E-state index < -0.39 is 0 Å². The van der Waals surface area contributed by atoms with Crippen LogP contribution in [0.25, 0.3) is 0 Å². The third kappa shape index (κ3) is 5.09. The van der Waals surface area contributed by atoms with Crippen molar-refractivity contribution in [3.05, 3.63) is 34.9 Å². The number of rotatable bonds is 4. The highest BCUT2D eigenvalue weighted by Crippen LogP contribution is 2.15. The number of nitrogens with one attached hydrogen (secondary N) is 2. The van der Waals surface area contributed by atoms with Crippen molar-refractivity contribution in [3.63, 3.8) is 0 Å². The fourth-order valence-corrected chi connectivity index (χ4v) is 1.51. The maximum absolute atomic E-state index is 11.5. The number of carbonyl (C=O) groups is 1. The molecule has 4 heteroatoms. The minimum atomic E-state index is -0.138. The van der Waals surface area contributed by atoms with E-state index in [2.05, 4.69) is 24.5 Å². The molecule has 1 atom stereocenters. The first kappa shape index (κ1) is 13.8. The second-order valence-corrected chi connectivity index (χ2v) is 4.96. The summed E-state index contributed by atoms with van der Waals surface area (Å²) in [6.45, 7) is 6.74. The van der Waals surface area contributed by atoms with Gasteiger partial charge in [0, 0.05) is 11.6 Å². The SMILES string of the molecule is CC(C)CNC(=O)N[C@@H](C)c1ccc(Cl)cc1. The molecule has 0 fully saturated rings. The zero-order valence-corrected chi connectivity index (χ0v) is 11.2. The average molecular weight is 255 g/mol. The van der Waals surface area contributed by atoms with E-state index in [9.17, 15) is 4.79 Å². The summed E-state index contributed by atoms with van der Waals surface area (Å²) in [7, 11) is 0. The Labute approximate surface area is 108 Å². The van der Waals surface area contributed by atoms with E-state index in [0.29, 0.717) is 17.5 Å². The van der Waals surface area contributed by atoms with E-state index in [4.69, 9.17) is 11.6 Å². The Bertz CT molecular complexity index is 362. The molecule has 2 N–H and O–H groups in total. The molecule has 0 saturated carbocycles. The molecule has 94 valence electrons. The zero-order valence-electron chi connectivity index (χ0n) is 10.5. The quantitative estimate of drug-likeness (QED) is 0.850. The number of benzene rings is 1. The van der Waals surface area contributed by atoms with Gasteiger partial charge in [-0.3, -0.25) is 0 Å². The van der Waals surface area contributed by atoms with Gasteiger partial charge in [-0.15, -0.1) is 0 Å². The van der Waals surface area contributed by atoms with Gasteiger partial charge in [-0.25, -0.2) is 4.79 Å². The normalized spacial score (nSPS) is 12.3. The molecule has 1 aromatic carbocycles. The summed E-state index contributed by atoms with van der Waals surface area (Å²) in [6.07, 6.45) is 0. The lowest BCUT2D eigenvalue weighted by molar-refractivity contribution is 0.236. The van der Waals surface area contributed by atoms with Crippen molar-refractivity contribution in [2.24, 2.45) is 5.92 Å². The van der Waals surface area contributed by atoms with Gasteiger partial charge in [-0.1, -0.05) is 37.6 Å². The Balaban J connectivity index is 2.46. The van der Waals surface area contributed by atoms with E-state index in [1.54, 1.807) is 0 Å². The van der Waals surface area contributed by atoms with Gasteiger partial charge in [0.25, 0.3) is 0 Å². The van der Waals surface area contributed by atoms with Crippen molar-refractivity contribution in [2.75, 3.05) is 6.54 Å². The first-order valence-electron chi connectivity index (χ1n) is 5.79. The Kier molecular flexibility index (Phi) is 5.29. The Morgan fingerprint density at radius 1 is 1.24 bits per heavy atom. The zero-order chi connectivity index (χ0) is 12.8. The minimum Gasteiger partial charge on any atom is -0.338 e. The predicted molar refractivity (Wildman–Crippen MR) is 71.2 cm³/mol. The van der Waals surface area contributed by atoms with Crippen LogP contribution in [-0.2, 0) is 0 Å². The number of amides is 2. The van der Waals surface area contributed by atoms with Crippen LogP contribution in [0.1, 0.15) is 32.4 Å². The molecular weight excluding hydrogens is 236 g/mol. The second-order valence-electron chi connectivity index (χ2n) is 4.52. The highest BCUT2D eigenvalue weighted by Gasteiger charge is 2.09. The largest absolute Gasteiger partial charge is 0.338 e. The van der Waals surface area contributed by atoms with Gasteiger partial charge < -0.3 is 10.6 Å². The standard InChI is InChI=1S/C13H19ClN2O/c1-9(2)8-15-13(17)16-10(3)11-4-6-12(14)7-5-11/h4-7,9-10H,8H2,1-3H3,(H2,15,16,17)/t10-/m0/s1. The lowest BCUT2D eigenvalue weighted by atomic mass is 10.1. The van der Waals surface area contributed by atoms with Gasteiger partial charge in [0.1, 0.15) is 0 Å². The molecule has 1 rings (SSSR count). The molecule has 0 saturated heterocycles. The number of carbonyl (C=O) groups excluding carboxylic acids is 1. The van der Waals surface area contributed by atoms with Crippen LogP contribution in [0.3, 0.4) is 0 Å². The summed E-state index contributed by atoms with van der Waals surface area (Å²) in [5.74, 6) is 0.451. The molecule has 0 spiro atoms. The van der Waals surface area contributed by atoms with Crippen molar-refractivity contribution >= 4 is 17.6 Å². The minimum absolute atomic E-state index is 0.0283. The molecule has 0 bridgehead atoms. The van der Waals surface area contributed by atoms with Crippen LogP contribution in [0.4, 0.5) is 4.79 Å². The molecule has 1 aromatic rings. The van der Waals surface area contributed by atoms with Crippen LogP contribution in [0.15, 0.2) is 24.3 Å². The van der Waals surface area contributed by atoms with Gasteiger partial charge in [0.2, 0.25) is 0 Å². The average Bonchev–Trinajstić information content (AvgIpc) is 2.27. The predicted octanol–water partition coefficient (Wildman–Crippen LogP) is 3.36. The second kappa shape index (κ2) is 6.50. The van der Waals surface area contributed by atoms with Crippen LogP contribution in [0.5, 0.6) is 0 Å². The van der Waals surface area contributed by atoms with Crippen LogP contribution < -0.4 is 10.6 Å². The molecule has 0 radical (unpaired) electrons. The molecule has 0 heterocycles. The molecule has 0 unspecified atom stereocenters. The van der Waals surface area contributed by atoms with Crippen LogP contribution >= 0.6 is 11.6 Å². The smallest absolute Gasteiger partial charge is 0.315 e. The molecule has 2 amide bonds. The van der Waals surface area contributed by atoms with Crippen LogP contribution in [0, 0.1) is 5.92 Å². The van der Waals surface area contributed by atoms with E-state index in [1.807, 2.05) is 31.2 Å². The summed E-state index contributed by atoms with van der Waals surface area (Å²) in [5.41, 5.74) is 1.04. The Morgan fingerprint density at radius 2 is 1.82 bits per heavy atom. The topological polar surface area (TPSA) is 41.1 Å². The lowest BCUT2D eigenvalue weighted by Gasteiger charge is -2.15. The molecule has 17 heavy (non-hydrogen) atoms. The van der Waals surface area contributed by atoms with E-state index in [-0.39, 0.29) is 12.1 Å². The molecule has 0 aliphatic carbocycles. The van der Waals surface area contributed by atoms with Gasteiger partial charge in [-0.05, 0) is 30.5 Å². The number of hydrogen-bond acceptors (Lipinski definition) is 1. The van der Waals surface area contributed by atoms with Crippen molar-refractivity contribution in [2.45, 2.75) is 26.8 Å². The highest BCUT2D eigenvalue weighted by molar-refractivity contribution is 6.30. The van der Waals surface area contributed by atoms with Gasteiger partial charge in [0.05, 0.1) is 6.04 Å². The van der Waals surface area contributed by atoms with Gasteiger partial charge in [0.15, 0.2) is 0 Å². The fraction of sp³-hybridized carbons (Fsp3) is 0.462. The maximum Gasteiger partial charge on any atom is 0.315 e. The highest BCUT2D eigenvalue weighted by atomic mass is 35.5. The first-order valence-corrected chi connectivity index (χ1v) is 6.16. The molecule has 0 aliphatic heterocycles. The summed E-state index contributed by atoms with van der Waals surface area (Å²) in [6, 6.07) is 7.30. The van der Waals surface area contributed by atoms with Gasteiger partial charge >= 0.3 is 6.03 Å². The van der Waals surface area contributed by atoms with E-state index >= 15 is 0 Å². The number of hydrogen-bond donors (Lipinski definition) is 2. The Hall–Kier alpha value is -1.22. The third-order valence-electron chi connectivity index (χ3n) is 2.39. The summed E-state index contributed by atoms with van der Waals surface area (Å²) in [4.78, 5) is 11.5. The lowest BCUT2D eigenvalue weighted by Crippen LogP contribution is -2.38. The third-order valence-corrected chi connectivity index (χ3v) is 2.64. The van der Waals surface area contributed by atoms with Crippen molar-refractivity contribution < 1.29 is 4.79 Å². The summed E-state index contributed by atoms with van der Waals surface area (Å²) in [5, 5.41) is 6.40. The first-order chi connectivity index (χ1) is 7.99. The molecule has 3 nitrogen and oxygen atoms in total. The molecule has 0 aliphatic rings. The van der Waals surface area contributed by atoms with E-state index in [1.165, 1.54) is 0 Å². The number of halogens is 1. The van der Waals surface area contributed by atoms with Crippen molar-refractivity contribution in [3.8, 4) is 0 Å². The Morgan fingerprint density at radius 3 is 2.35 bits per heavy atom. The maximum atomic E-state index is 11.5. The van der Waals surface area contributed by atoms with Crippen LogP contribution in [0.2, 0.25) is 5.02 Å². The fourth-order valence-electron chi connectivity index (χ4n) is 1.38. The molecule has 0 aromatic heterocycles. The van der Waals surface area contributed by atoms with Crippen LogP contribution in [-0.4, -0.2) is 12.6 Å². The number of urea groups is 1. The van der Waals surface area contributed by atoms with Crippen molar-refractivity contribution in [1.82, 2.24) is 10.6 Å². The molecular formula is C13H19ClN2O. The van der Waals surface area contributed by atoms with Crippen molar-refractivity contribution in [1.29, 1.82) is 0 Å². The van der Waals surface area contributed by atoms with E-state index in [0.717, 1.165) is 5.56 Å². The summed E-state index contributed by atoms with van der Waals surface area (Å²) >= 11 is 5.81. The monoisotopic (exact) mass is 254 g/mol. The van der Waals surface area contributed by atoms with Gasteiger partial charge in [-0.2, -0.15) is 0 Å². The summed E-state index contributed by atoms with van der Waals surface area (Å²) < 4.78 is 0.